The molecule has 1 atom stereocenters. The summed E-state index contributed by atoms with van der Waals surface area (Å²) in [6, 6.07) is 6.84. The van der Waals surface area contributed by atoms with Crippen molar-refractivity contribution in [2.45, 2.75) is 36.5 Å². The van der Waals surface area contributed by atoms with E-state index < -0.39 is 0 Å². The molecule has 4 heteroatoms. The topological polar surface area (TPSA) is 0 Å². The maximum Gasteiger partial charge on any atom is 0.0828 e. The largest absolute Gasteiger partial charge is 0.112 e. The SMILES string of the molecule is CCCCSP1Sc2ccc(C)cc2S1. The van der Waals surface area contributed by atoms with Crippen LogP contribution < -0.4 is 0 Å². The molecule has 0 bridgehead atoms. The van der Waals surface area contributed by atoms with Crippen molar-refractivity contribution in [3.63, 3.8) is 0 Å². The number of hydrogen-bond acceptors (Lipinski definition) is 3. The first-order valence-corrected chi connectivity index (χ1v) is 11.0. The maximum atomic E-state index is 2.33. The predicted molar refractivity (Wildman–Crippen MR) is 77.2 cm³/mol. The highest BCUT2D eigenvalue weighted by molar-refractivity contribution is 9.13. The molecule has 1 aliphatic rings. The third kappa shape index (κ3) is 3.33. The second kappa shape index (κ2) is 5.86. The zero-order chi connectivity index (χ0) is 10.7. The molecule has 0 fully saturated rings. The molecule has 0 aliphatic carbocycles. The number of unbranched alkanes of at least 4 members (excludes halogenated alkanes) is 1. The van der Waals surface area contributed by atoms with Gasteiger partial charge in [0, 0.05) is 9.79 Å². The van der Waals surface area contributed by atoms with Crippen LogP contribution in [0.25, 0.3) is 0 Å². The average molecular weight is 274 g/mol. The van der Waals surface area contributed by atoms with Gasteiger partial charge in [-0.3, -0.25) is 0 Å². The minimum Gasteiger partial charge on any atom is -0.112 e. The van der Waals surface area contributed by atoms with Crippen molar-refractivity contribution in [3.8, 4) is 0 Å². The van der Waals surface area contributed by atoms with Gasteiger partial charge in [0.2, 0.25) is 0 Å². The Balaban J connectivity index is 1.91. The van der Waals surface area contributed by atoms with Crippen molar-refractivity contribution in [1.29, 1.82) is 0 Å². The lowest BCUT2D eigenvalue weighted by atomic mass is 10.2. The molecule has 0 radical (unpaired) electrons. The Morgan fingerprint density at radius 1 is 1.27 bits per heavy atom. The standard InChI is InChI=1S/C11H15PS3/c1-3-4-7-13-12-14-10-6-5-9(2)8-11(10)15-12/h5-6,8H,3-4,7H2,1-2H3. The van der Waals surface area contributed by atoms with Crippen LogP contribution in [0.2, 0.25) is 0 Å². The zero-order valence-corrected chi connectivity index (χ0v) is 12.4. The molecule has 0 amide bonds. The van der Waals surface area contributed by atoms with Gasteiger partial charge in [0.1, 0.15) is 0 Å². The van der Waals surface area contributed by atoms with Crippen LogP contribution in [0.15, 0.2) is 28.0 Å². The quantitative estimate of drug-likeness (QED) is 0.491. The number of benzene rings is 1. The lowest BCUT2D eigenvalue weighted by molar-refractivity contribution is 0.898. The summed E-state index contributed by atoms with van der Waals surface area (Å²) in [7, 11) is 0. The van der Waals surface area contributed by atoms with E-state index in [1.807, 2.05) is 0 Å². The Bertz CT molecular complexity index is 341. The van der Waals surface area contributed by atoms with Crippen molar-refractivity contribution in [2.24, 2.45) is 0 Å². The van der Waals surface area contributed by atoms with E-state index in [-0.39, 0.29) is 5.53 Å². The fourth-order valence-corrected chi connectivity index (χ4v) is 12.3. The van der Waals surface area contributed by atoms with E-state index in [1.165, 1.54) is 33.9 Å². The van der Waals surface area contributed by atoms with Crippen molar-refractivity contribution < 1.29 is 0 Å². The van der Waals surface area contributed by atoms with Gasteiger partial charge in [-0.1, -0.05) is 42.2 Å². The van der Waals surface area contributed by atoms with E-state index in [9.17, 15) is 0 Å². The molecule has 2 rings (SSSR count). The van der Waals surface area contributed by atoms with Crippen LogP contribution in [0.1, 0.15) is 25.3 Å². The summed E-state index contributed by atoms with van der Waals surface area (Å²) >= 11 is 6.34. The summed E-state index contributed by atoms with van der Waals surface area (Å²) in [4.78, 5) is 3.01. The molecule has 1 heterocycles. The lowest BCUT2D eigenvalue weighted by Crippen LogP contribution is -1.73. The fraction of sp³-hybridized carbons (Fsp3) is 0.455. The molecule has 0 saturated carbocycles. The predicted octanol–water partition coefficient (Wildman–Crippen LogP) is 5.95. The van der Waals surface area contributed by atoms with Crippen LogP contribution >= 0.6 is 39.7 Å². The molecular weight excluding hydrogens is 259 g/mol. The van der Waals surface area contributed by atoms with E-state index in [0.717, 1.165) is 0 Å². The van der Waals surface area contributed by atoms with Gasteiger partial charge >= 0.3 is 0 Å². The Kier molecular flexibility index (Phi) is 4.75. The zero-order valence-electron chi connectivity index (χ0n) is 9.03. The molecule has 0 N–H and O–H groups in total. The first kappa shape index (κ1) is 12.2. The van der Waals surface area contributed by atoms with Gasteiger partial charge in [0.25, 0.3) is 0 Å². The van der Waals surface area contributed by atoms with Gasteiger partial charge in [0.05, 0.1) is 5.53 Å². The summed E-state index contributed by atoms with van der Waals surface area (Å²) in [6.07, 6.45) is 2.68. The Hall–Kier alpha value is 0.700. The molecule has 1 aliphatic heterocycles. The smallest absolute Gasteiger partial charge is 0.0828 e. The van der Waals surface area contributed by atoms with Gasteiger partial charge in [-0.25, -0.2) is 0 Å². The Labute approximate surface area is 105 Å². The highest BCUT2D eigenvalue weighted by atomic mass is 33.4. The van der Waals surface area contributed by atoms with E-state index in [4.69, 9.17) is 0 Å². The van der Waals surface area contributed by atoms with E-state index in [0.29, 0.717) is 0 Å². The Morgan fingerprint density at radius 3 is 2.87 bits per heavy atom. The van der Waals surface area contributed by atoms with Crippen LogP contribution in [-0.2, 0) is 0 Å². The first-order chi connectivity index (χ1) is 7.29. The van der Waals surface area contributed by atoms with E-state index in [2.05, 4.69) is 66.2 Å². The second-order valence-electron chi connectivity index (χ2n) is 3.54. The highest BCUT2D eigenvalue weighted by Gasteiger charge is 2.23. The molecule has 82 valence electrons. The molecule has 0 aromatic heterocycles. The van der Waals surface area contributed by atoms with Gasteiger partial charge in [0.15, 0.2) is 0 Å². The van der Waals surface area contributed by atoms with Crippen LogP contribution in [0, 0.1) is 6.92 Å². The third-order valence-electron chi connectivity index (χ3n) is 2.14. The minimum absolute atomic E-state index is 0.0540. The summed E-state index contributed by atoms with van der Waals surface area (Å²) in [6.45, 7) is 4.44. The number of aryl methyl sites for hydroxylation is 1. The molecule has 0 saturated heterocycles. The van der Waals surface area contributed by atoms with Crippen LogP contribution in [0.3, 0.4) is 0 Å². The van der Waals surface area contributed by atoms with Gasteiger partial charge in [-0.15, -0.1) is 11.4 Å². The van der Waals surface area contributed by atoms with Crippen molar-refractivity contribution in [1.82, 2.24) is 0 Å². The molecule has 0 nitrogen and oxygen atoms in total. The van der Waals surface area contributed by atoms with Crippen LogP contribution in [0.4, 0.5) is 0 Å². The molecule has 15 heavy (non-hydrogen) atoms. The minimum atomic E-state index is 0.0540. The molecule has 0 spiro atoms. The maximum absolute atomic E-state index is 2.33. The van der Waals surface area contributed by atoms with Gasteiger partial charge in [-0.2, -0.15) is 0 Å². The molecule has 1 aromatic carbocycles. The number of hydrogen-bond donors (Lipinski definition) is 0. The van der Waals surface area contributed by atoms with Gasteiger partial charge in [-0.05, 0) is 36.8 Å². The van der Waals surface area contributed by atoms with Crippen LogP contribution in [-0.4, -0.2) is 5.75 Å². The monoisotopic (exact) mass is 274 g/mol. The van der Waals surface area contributed by atoms with Crippen molar-refractivity contribution in [3.05, 3.63) is 23.8 Å². The first-order valence-electron chi connectivity index (χ1n) is 5.19. The number of rotatable bonds is 4. The summed E-state index contributed by atoms with van der Waals surface area (Å²) in [5.74, 6) is 1.33. The fourth-order valence-electron chi connectivity index (χ4n) is 1.28. The highest BCUT2D eigenvalue weighted by Crippen LogP contribution is 2.80. The third-order valence-corrected chi connectivity index (χ3v) is 12.2. The second-order valence-corrected chi connectivity index (χ2v) is 13.1. The van der Waals surface area contributed by atoms with Gasteiger partial charge < -0.3 is 0 Å². The van der Waals surface area contributed by atoms with Crippen molar-refractivity contribution in [2.75, 3.05) is 5.75 Å². The summed E-state index contributed by atoms with van der Waals surface area (Å²) in [5.41, 5.74) is 1.44. The molecule has 1 unspecified atom stereocenters. The molecular formula is C11H15PS3. The van der Waals surface area contributed by atoms with Crippen molar-refractivity contribution >= 4 is 39.7 Å². The number of fused-ring (bicyclic) bond motifs is 1. The van der Waals surface area contributed by atoms with E-state index in [1.54, 1.807) is 0 Å². The lowest BCUT2D eigenvalue weighted by Gasteiger charge is -2.05. The molecule has 1 aromatic rings. The van der Waals surface area contributed by atoms with Crippen LogP contribution in [0.5, 0.6) is 0 Å². The average Bonchev–Trinajstić information content (AvgIpc) is 2.60. The summed E-state index contributed by atoms with van der Waals surface area (Å²) < 4.78 is 0. The normalized spacial score (nSPS) is 19.2. The Morgan fingerprint density at radius 2 is 2.07 bits per heavy atom. The van der Waals surface area contributed by atoms with E-state index >= 15 is 0 Å². The summed E-state index contributed by atoms with van der Waals surface area (Å²) in [5, 5.41) is 0.